The SMILES string of the molecule is O=c1[nH]c2scc(-c3ccc(-c4ccc(F)cc4F)cc3)c2c(=O)n1-c1ccc(Cl)c(C(F)(F)F)c1. The molecule has 0 bridgehead atoms. The molecule has 0 unspecified atom stereocenters. The Morgan fingerprint density at radius 2 is 1.53 bits per heavy atom. The van der Waals surface area contributed by atoms with E-state index < -0.39 is 39.6 Å². The number of fused-ring (bicyclic) bond motifs is 1. The minimum Gasteiger partial charge on any atom is -0.298 e. The number of alkyl halides is 3. The molecule has 0 amide bonds. The quantitative estimate of drug-likeness (QED) is 0.253. The van der Waals surface area contributed by atoms with Crippen LogP contribution in [0, 0.1) is 11.6 Å². The van der Waals surface area contributed by atoms with Crippen LogP contribution >= 0.6 is 22.9 Å². The van der Waals surface area contributed by atoms with E-state index >= 15 is 0 Å². The van der Waals surface area contributed by atoms with E-state index in [1.807, 2.05) is 0 Å². The molecule has 0 atom stereocenters. The van der Waals surface area contributed by atoms with Gasteiger partial charge in [0.25, 0.3) is 5.56 Å². The summed E-state index contributed by atoms with van der Waals surface area (Å²) in [6.45, 7) is 0. The third kappa shape index (κ3) is 4.12. The summed E-state index contributed by atoms with van der Waals surface area (Å²) in [6, 6.07) is 12.4. The molecule has 0 radical (unpaired) electrons. The average Bonchev–Trinajstić information content (AvgIpc) is 3.23. The van der Waals surface area contributed by atoms with Gasteiger partial charge >= 0.3 is 11.9 Å². The number of benzene rings is 3. The lowest BCUT2D eigenvalue weighted by molar-refractivity contribution is -0.137. The van der Waals surface area contributed by atoms with Crippen molar-refractivity contribution in [3.05, 3.63) is 109 Å². The highest BCUT2D eigenvalue weighted by atomic mass is 35.5. The average molecular weight is 535 g/mol. The summed E-state index contributed by atoms with van der Waals surface area (Å²) in [5, 5.41) is 1.16. The first-order chi connectivity index (χ1) is 17.0. The Bertz CT molecular complexity index is 1750. The maximum Gasteiger partial charge on any atom is 0.417 e. The van der Waals surface area contributed by atoms with Gasteiger partial charge in [-0.15, -0.1) is 11.3 Å². The van der Waals surface area contributed by atoms with Crippen LogP contribution < -0.4 is 11.2 Å². The number of hydrogen-bond acceptors (Lipinski definition) is 3. The Balaban J connectivity index is 1.64. The number of hydrogen-bond donors (Lipinski definition) is 1. The predicted octanol–water partition coefficient (Wildman–Crippen LogP) is 7.02. The number of aromatic amines is 1. The van der Waals surface area contributed by atoms with Gasteiger partial charge in [-0.05, 0) is 41.5 Å². The molecule has 0 aliphatic heterocycles. The van der Waals surface area contributed by atoms with Crippen molar-refractivity contribution in [3.63, 3.8) is 0 Å². The van der Waals surface area contributed by atoms with Crippen LogP contribution in [0.25, 0.3) is 38.2 Å². The number of aromatic nitrogens is 2. The van der Waals surface area contributed by atoms with Gasteiger partial charge in [0.2, 0.25) is 0 Å². The van der Waals surface area contributed by atoms with Crippen LogP contribution in [-0.4, -0.2) is 9.55 Å². The predicted molar refractivity (Wildman–Crippen MR) is 129 cm³/mol. The maximum atomic E-state index is 14.1. The summed E-state index contributed by atoms with van der Waals surface area (Å²) < 4.78 is 68.0. The number of H-pyrrole nitrogens is 1. The smallest absolute Gasteiger partial charge is 0.298 e. The van der Waals surface area contributed by atoms with Gasteiger partial charge in [-0.25, -0.2) is 18.1 Å². The van der Waals surface area contributed by atoms with Gasteiger partial charge in [0.05, 0.1) is 21.7 Å². The van der Waals surface area contributed by atoms with E-state index in [4.69, 9.17) is 11.6 Å². The van der Waals surface area contributed by atoms with Gasteiger partial charge in [-0.1, -0.05) is 35.9 Å². The highest BCUT2D eigenvalue weighted by molar-refractivity contribution is 7.17. The molecule has 0 aliphatic rings. The van der Waals surface area contributed by atoms with Crippen molar-refractivity contribution in [2.75, 3.05) is 0 Å². The van der Waals surface area contributed by atoms with Gasteiger partial charge in [0, 0.05) is 22.6 Å². The summed E-state index contributed by atoms with van der Waals surface area (Å²) >= 11 is 6.76. The third-order valence-electron chi connectivity index (χ3n) is 5.58. The second-order valence-electron chi connectivity index (χ2n) is 7.79. The van der Waals surface area contributed by atoms with Crippen LogP contribution in [0.4, 0.5) is 22.0 Å². The van der Waals surface area contributed by atoms with E-state index in [-0.39, 0.29) is 21.5 Å². The first kappa shape index (κ1) is 24.0. The fraction of sp³-hybridized carbons (Fsp3) is 0.0400. The first-order valence-corrected chi connectivity index (χ1v) is 11.5. The highest BCUT2D eigenvalue weighted by Crippen LogP contribution is 2.36. The normalized spacial score (nSPS) is 11.8. The van der Waals surface area contributed by atoms with E-state index in [1.165, 1.54) is 6.07 Å². The monoisotopic (exact) mass is 534 g/mol. The summed E-state index contributed by atoms with van der Waals surface area (Å²) in [6.07, 6.45) is -4.78. The topological polar surface area (TPSA) is 54.9 Å². The Hall–Kier alpha value is -3.76. The van der Waals surface area contributed by atoms with Crippen molar-refractivity contribution < 1.29 is 22.0 Å². The number of nitrogens with zero attached hydrogens (tertiary/aromatic N) is 1. The molecule has 5 rings (SSSR count). The zero-order valence-corrected chi connectivity index (χ0v) is 19.4. The van der Waals surface area contributed by atoms with E-state index in [0.29, 0.717) is 27.3 Å². The van der Waals surface area contributed by atoms with E-state index in [2.05, 4.69) is 4.98 Å². The van der Waals surface area contributed by atoms with Crippen LogP contribution in [0.3, 0.4) is 0 Å². The lowest BCUT2D eigenvalue weighted by Gasteiger charge is -2.12. The molecule has 1 N–H and O–H groups in total. The fourth-order valence-corrected chi connectivity index (χ4v) is 5.06. The van der Waals surface area contributed by atoms with Crippen molar-refractivity contribution in [2.45, 2.75) is 6.18 Å². The fourth-order valence-electron chi connectivity index (χ4n) is 3.89. The summed E-state index contributed by atoms with van der Waals surface area (Å²) in [5.41, 5.74) is -1.54. The van der Waals surface area contributed by atoms with Crippen LogP contribution in [0.2, 0.25) is 5.02 Å². The molecule has 182 valence electrons. The standard InChI is InChI=1S/C25H12ClF5N2O2S/c26-19-8-6-15(10-18(19)25(29,30)31)33-23(34)21-17(11-36-22(21)32-24(33)35)13-3-1-12(2-4-13)16-7-5-14(27)9-20(16)28/h1-11H,(H,32,35). The Morgan fingerprint density at radius 3 is 2.17 bits per heavy atom. The largest absolute Gasteiger partial charge is 0.417 e. The second kappa shape index (κ2) is 8.72. The second-order valence-corrected chi connectivity index (χ2v) is 9.07. The number of halogens is 6. The minimum absolute atomic E-state index is 0.101. The van der Waals surface area contributed by atoms with E-state index in [1.54, 1.807) is 29.6 Å². The van der Waals surface area contributed by atoms with Crippen molar-refractivity contribution >= 4 is 33.2 Å². The van der Waals surface area contributed by atoms with Crippen molar-refractivity contribution in [2.24, 2.45) is 0 Å². The number of nitrogens with one attached hydrogen (secondary N) is 1. The Kier molecular flexibility index (Phi) is 5.80. The van der Waals surface area contributed by atoms with Crippen molar-refractivity contribution in [1.82, 2.24) is 9.55 Å². The van der Waals surface area contributed by atoms with Crippen molar-refractivity contribution in [1.29, 1.82) is 0 Å². The van der Waals surface area contributed by atoms with Gasteiger partial charge in [-0.2, -0.15) is 13.2 Å². The highest BCUT2D eigenvalue weighted by Gasteiger charge is 2.33. The summed E-state index contributed by atoms with van der Waals surface area (Å²) in [4.78, 5) is 28.8. The zero-order valence-electron chi connectivity index (χ0n) is 17.8. The van der Waals surface area contributed by atoms with Crippen LogP contribution in [0.15, 0.2) is 75.6 Å². The lowest BCUT2D eigenvalue weighted by atomic mass is 10.0. The summed E-state index contributed by atoms with van der Waals surface area (Å²) in [7, 11) is 0. The molecule has 0 spiro atoms. The third-order valence-corrected chi connectivity index (χ3v) is 6.81. The van der Waals surface area contributed by atoms with Crippen LogP contribution in [0.5, 0.6) is 0 Å². The van der Waals surface area contributed by atoms with Crippen LogP contribution in [-0.2, 0) is 6.18 Å². The molecule has 0 aliphatic carbocycles. The maximum absolute atomic E-state index is 14.1. The molecule has 0 saturated carbocycles. The van der Waals surface area contributed by atoms with Gasteiger partial charge < -0.3 is 0 Å². The number of thiophene rings is 1. The molecule has 11 heteroatoms. The van der Waals surface area contributed by atoms with Crippen LogP contribution in [0.1, 0.15) is 5.56 Å². The lowest BCUT2D eigenvalue weighted by Crippen LogP contribution is -2.33. The summed E-state index contributed by atoms with van der Waals surface area (Å²) in [5.74, 6) is -1.43. The van der Waals surface area contributed by atoms with Crippen molar-refractivity contribution in [3.8, 4) is 27.9 Å². The Labute approximate surface area is 207 Å². The molecule has 0 fully saturated rings. The molecule has 4 nitrogen and oxygen atoms in total. The molecular weight excluding hydrogens is 523 g/mol. The molecule has 0 saturated heterocycles. The molecular formula is C25H12ClF5N2O2S. The molecule has 2 heterocycles. The van der Waals surface area contributed by atoms with E-state index in [0.717, 1.165) is 35.6 Å². The molecule has 2 aromatic heterocycles. The molecule has 36 heavy (non-hydrogen) atoms. The minimum atomic E-state index is -4.78. The zero-order chi connectivity index (χ0) is 25.8. The molecule has 3 aromatic carbocycles. The van der Waals surface area contributed by atoms with Gasteiger partial charge in [0.1, 0.15) is 16.5 Å². The van der Waals surface area contributed by atoms with E-state index in [9.17, 15) is 31.5 Å². The van der Waals surface area contributed by atoms with Gasteiger partial charge in [-0.3, -0.25) is 9.78 Å². The first-order valence-electron chi connectivity index (χ1n) is 10.2. The van der Waals surface area contributed by atoms with Gasteiger partial charge in [0.15, 0.2) is 0 Å². The number of rotatable bonds is 3. The molecule has 5 aromatic rings. The Morgan fingerprint density at radius 1 is 0.861 bits per heavy atom.